The van der Waals surface area contributed by atoms with E-state index in [4.69, 9.17) is 18.3 Å². The van der Waals surface area contributed by atoms with E-state index in [1.807, 2.05) is 73.7 Å². The van der Waals surface area contributed by atoms with Crippen molar-refractivity contribution in [2.45, 2.75) is 17.7 Å². The van der Waals surface area contributed by atoms with Gasteiger partial charge in [-0.15, -0.1) is 10.2 Å². The number of hydrogen-bond donors (Lipinski definition) is 0. The van der Waals surface area contributed by atoms with Crippen molar-refractivity contribution in [2.24, 2.45) is 0 Å². The highest BCUT2D eigenvalue weighted by Crippen LogP contribution is 2.35. The Bertz CT molecular complexity index is 1580. The zero-order valence-corrected chi connectivity index (χ0v) is 18.8. The molecule has 0 saturated carbocycles. The monoisotopic (exact) mass is 467 g/mol. The second-order valence-electron chi connectivity index (χ2n) is 7.46. The van der Waals surface area contributed by atoms with Crippen LogP contribution in [0.25, 0.3) is 45.2 Å². The summed E-state index contributed by atoms with van der Waals surface area (Å²) in [5.74, 6) is 3.05. The number of aromatic nitrogens is 5. The van der Waals surface area contributed by atoms with Gasteiger partial charge in [-0.3, -0.25) is 0 Å². The lowest BCUT2D eigenvalue weighted by Gasteiger charge is -2.06. The molecule has 8 nitrogen and oxygen atoms in total. The number of fused-ring (bicyclic) bond motifs is 1. The summed E-state index contributed by atoms with van der Waals surface area (Å²) in [6, 6.07) is 21.3. The Morgan fingerprint density at radius 3 is 2.59 bits per heavy atom. The third-order valence-electron chi connectivity index (χ3n) is 5.23. The van der Waals surface area contributed by atoms with Crippen molar-refractivity contribution in [1.29, 1.82) is 0 Å². The summed E-state index contributed by atoms with van der Waals surface area (Å²) >= 11 is 1.50. The molecule has 0 aliphatic rings. The van der Waals surface area contributed by atoms with Crippen LogP contribution in [0.1, 0.15) is 11.7 Å². The van der Waals surface area contributed by atoms with Crippen LogP contribution in [0.5, 0.6) is 0 Å². The summed E-state index contributed by atoms with van der Waals surface area (Å²) in [4.78, 5) is 9.36. The SMILES string of the molecule is Cc1onc(-c2ccccc2)c1-c1nnc(CSc2nc(-c3ccco3)nc3ccccc23)o1. The fourth-order valence-corrected chi connectivity index (χ4v) is 4.49. The molecule has 0 aliphatic carbocycles. The third kappa shape index (κ3) is 3.75. The van der Waals surface area contributed by atoms with Crippen LogP contribution >= 0.6 is 11.8 Å². The van der Waals surface area contributed by atoms with Gasteiger partial charge in [0.05, 0.1) is 17.5 Å². The van der Waals surface area contributed by atoms with Gasteiger partial charge in [-0.1, -0.05) is 65.4 Å². The minimum Gasteiger partial charge on any atom is -0.461 e. The van der Waals surface area contributed by atoms with E-state index in [1.54, 1.807) is 6.26 Å². The predicted molar refractivity (Wildman–Crippen MR) is 127 cm³/mol. The van der Waals surface area contributed by atoms with Crippen molar-refractivity contribution in [3.63, 3.8) is 0 Å². The Hall–Kier alpha value is -4.24. The van der Waals surface area contributed by atoms with Gasteiger partial charge in [-0.2, -0.15) is 0 Å². The maximum absolute atomic E-state index is 6.00. The summed E-state index contributed by atoms with van der Waals surface area (Å²) in [7, 11) is 0. The molecule has 0 bridgehead atoms. The summed E-state index contributed by atoms with van der Waals surface area (Å²) in [5, 5.41) is 14.5. The molecule has 0 unspecified atom stereocenters. The van der Waals surface area contributed by atoms with Crippen LogP contribution in [-0.2, 0) is 5.75 Å². The van der Waals surface area contributed by atoms with E-state index >= 15 is 0 Å². The van der Waals surface area contributed by atoms with Gasteiger partial charge in [0.2, 0.25) is 5.89 Å². The number of furan rings is 1. The number of rotatable bonds is 6. The first-order valence-corrected chi connectivity index (χ1v) is 11.5. The minimum absolute atomic E-state index is 0.372. The lowest BCUT2D eigenvalue weighted by atomic mass is 10.1. The molecule has 9 heteroatoms. The van der Waals surface area contributed by atoms with E-state index in [9.17, 15) is 0 Å². The molecule has 0 atom stereocenters. The largest absolute Gasteiger partial charge is 0.461 e. The fraction of sp³-hybridized carbons (Fsp3) is 0.0800. The van der Waals surface area contributed by atoms with Crippen molar-refractivity contribution < 1.29 is 13.4 Å². The Morgan fingerprint density at radius 1 is 0.882 bits per heavy atom. The number of thioether (sulfide) groups is 1. The van der Waals surface area contributed by atoms with Crippen LogP contribution in [0.4, 0.5) is 0 Å². The number of benzene rings is 2. The Morgan fingerprint density at radius 2 is 1.74 bits per heavy atom. The molecule has 4 heterocycles. The number of para-hydroxylation sites is 1. The normalized spacial score (nSPS) is 11.3. The Labute approximate surface area is 198 Å². The summed E-state index contributed by atoms with van der Waals surface area (Å²) in [6.45, 7) is 1.83. The first-order valence-electron chi connectivity index (χ1n) is 10.5. The molecule has 0 spiro atoms. The van der Waals surface area contributed by atoms with E-state index in [1.165, 1.54) is 11.8 Å². The van der Waals surface area contributed by atoms with Gasteiger partial charge >= 0.3 is 0 Å². The number of nitrogens with zero attached hydrogens (tertiary/aromatic N) is 5. The molecule has 0 radical (unpaired) electrons. The molecule has 34 heavy (non-hydrogen) atoms. The van der Waals surface area contributed by atoms with E-state index in [2.05, 4.69) is 20.3 Å². The number of hydrogen-bond acceptors (Lipinski definition) is 9. The maximum Gasteiger partial charge on any atom is 0.253 e. The Balaban J connectivity index is 1.30. The maximum atomic E-state index is 6.00. The van der Waals surface area contributed by atoms with Crippen LogP contribution in [0.15, 0.2) is 91.4 Å². The third-order valence-corrected chi connectivity index (χ3v) is 6.21. The zero-order valence-electron chi connectivity index (χ0n) is 18.0. The molecule has 6 rings (SSSR count). The van der Waals surface area contributed by atoms with E-state index in [-0.39, 0.29) is 0 Å². The molecule has 0 N–H and O–H groups in total. The Kier molecular flexibility index (Phi) is 5.15. The van der Waals surface area contributed by atoms with Crippen LogP contribution in [0.2, 0.25) is 0 Å². The van der Waals surface area contributed by atoms with Crippen LogP contribution < -0.4 is 0 Å². The van der Waals surface area contributed by atoms with Gasteiger partial charge in [0.25, 0.3) is 5.89 Å². The lowest BCUT2D eigenvalue weighted by molar-refractivity contribution is 0.399. The standard InChI is InChI=1S/C25H17N5O3S/c1-15-21(22(30-33-15)16-8-3-2-4-9-16)24-29-28-20(32-24)14-34-25-17-10-5-6-11-18(17)26-23(27-25)19-12-7-13-31-19/h2-13H,14H2,1H3. The summed E-state index contributed by atoms with van der Waals surface area (Å²) < 4.78 is 16.9. The quantitative estimate of drug-likeness (QED) is 0.209. The van der Waals surface area contributed by atoms with E-state index in [0.29, 0.717) is 46.1 Å². The first kappa shape index (κ1) is 20.4. The first-order chi connectivity index (χ1) is 16.8. The molecule has 2 aromatic carbocycles. The van der Waals surface area contributed by atoms with E-state index in [0.717, 1.165) is 21.5 Å². The van der Waals surface area contributed by atoms with Crippen molar-refractivity contribution >= 4 is 22.7 Å². The highest BCUT2D eigenvalue weighted by Gasteiger charge is 2.22. The second-order valence-corrected chi connectivity index (χ2v) is 8.43. The smallest absolute Gasteiger partial charge is 0.253 e. The minimum atomic E-state index is 0.372. The van der Waals surface area contributed by atoms with Crippen LogP contribution in [-0.4, -0.2) is 25.3 Å². The summed E-state index contributed by atoms with van der Waals surface area (Å²) in [5.41, 5.74) is 3.12. The van der Waals surface area contributed by atoms with E-state index < -0.39 is 0 Å². The lowest BCUT2D eigenvalue weighted by Crippen LogP contribution is -1.93. The van der Waals surface area contributed by atoms with Crippen molar-refractivity contribution in [3.05, 3.63) is 84.6 Å². The molecule has 166 valence electrons. The van der Waals surface area contributed by atoms with Gasteiger partial charge in [0.15, 0.2) is 11.6 Å². The van der Waals surface area contributed by atoms with Crippen molar-refractivity contribution in [1.82, 2.24) is 25.3 Å². The van der Waals surface area contributed by atoms with Crippen LogP contribution in [0, 0.1) is 6.92 Å². The average molecular weight is 468 g/mol. The topological polar surface area (TPSA) is 104 Å². The summed E-state index contributed by atoms with van der Waals surface area (Å²) in [6.07, 6.45) is 1.61. The molecule has 0 aliphatic heterocycles. The molecular formula is C25H17N5O3S. The van der Waals surface area contributed by atoms with Gasteiger partial charge in [-0.25, -0.2) is 9.97 Å². The average Bonchev–Trinajstić information content (AvgIpc) is 3.64. The van der Waals surface area contributed by atoms with Gasteiger partial charge in [0, 0.05) is 10.9 Å². The van der Waals surface area contributed by atoms with Gasteiger partial charge < -0.3 is 13.4 Å². The highest BCUT2D eigenvalue weighted by atomic mass is 32.2. The molecule has 0 amide bonds. The van der Waals surface area contributed by atoms with Crippen molar-refractivity contribution in [2.75, 3.05) is 0 Å². The van der Waals surface area contributed by atoms with Crippen molar-refractivity contribution in [3.8, 4) is 34.3 Å². The van der Waals surface area contributed by atoms with Gasteiger partial charge in [0.1, 0.15) is 22.0 Å². The molecular weight excluding hydrogens is 450 g/mol. The molecule has 0 fully saturated rings. The van der Waals surface area contributed by atoms with Gasteiger partial charge in [-0.05, 0) is 25.1 Å². The highest BCUT2D eigenvalue weighted by molar-refractivity contribution is 7.98. The second kappa shape index (κ2) is 8.60. The fourth-order valence-electron chi connectivity index (χ4n) is 3.63. The predicted octanol–water partition coefficient (Wildman–Crippen LogP) is 6.20. The molecule has 0 saturated heterocycles. The number of aryl methyl sites for hydroxylation is 1. The molecule has 4 aromatic heterocycles. The van der Waals surface area contributed by atoms with Crippen LogP contribution in [0.3, 0.4) is 0 Å². The molecule has 6 aromatic rings. The zero-order chi connectivity index (χ0) is 22.9.